The van der Waals surface area contributed by atoms with Crippen LogP contribution in [0.3, 0.4) is 0 Å². The third kappa shape index (κ3) is 2.15. The van der Waals surface area contributed by atoms with Crippen LogP contribution in [0.5, 0.6) is 0 Å². The first kappa shape index (κ1) is 11.7. The van der Waals surface area contributed by atoms with E-state index in [4.69, 9.17) is 17.3 Å². The van der Waals surface area contributed by atoms with Gasteiger partial charge in [-0.05, 0) is 13.8 Å². The Morgan fingerprint density at radius 2 is 2.20 bits per heavy atom. The second-order valence-corrected chi connectivity index (χ2v) is 3.50. The Hall–Kier alpha value is -1.42. The Bertz CT molecular complexity index is 441. The third-order valence-corrected chi connectivity index (χ3v) is 2.56. The number of carbonyl (C=O) groups is 1. The molecule has 1 amide bonds. The van der Waals surface area contributed by atoms with Gasteiger partial charge in [0, 0.05) is 30.2 Å². The van der Waals surface area contributed by atoms with E-state index in [2.05, 4.69) is 9.98 Å². The summed E-state index contributed by atoms with van der Waals surface area (Å²) in [6, 6.07) is 0. The predicted octanol–water partition coefficient (Wildman–Crippen LogP) is 1.58. The smallest absolute Gasteiger partial charge is 0.251 e. The molecule has 0 radical (unpaired) electrons. The molecule has 0 atom stereocenters. The molecule has 80 valence electrons. The van der Waals surface area contributed by atoms with E-state index >= 15 is 0 Å². The maximum Gasteiger partial charge on any atom is 0.251 e. The van der Waals surface area contributed by atoms with Gasteiger partial charge in [-0.2, -0.15) is 0 Å². The zero-order valence-corrected chi connectivity index (χ0v) is 9.59. The highest BCUT2D eigenvalue weighted by Gasteiger charge is 2.15. The molecule has 0 saturated heterocycles. The number of hydrogen-bond donors (Lipinski definition) is 1. The molecule has 1 rings (SSSR count). The van der Waals surface area contributed by atoms with Gasteiger partial charge < -0.3 is 5.73 Å². The van der Waals surface area contributed by atoms with E-state index in [1.54, 1.807) is 20.9 Å². The van der Waals surface area contributed by atoms with Crippen molar-refractivity contribution in [2.75, 3.05) is 7.05 Å². The summed E-state index contributed by atoms with van der Waals surface area (Å²) in [5, 5.41) is 0.318. The lowest BCUT2D eigenvalue weighted by atomic mass is 10.1. The van der Waals surface area contributed by atoms with E-state index in [0.29, 0.717) is 10.6 Å². The number of halogens is 1. The number of aryl methyl sites for hydroxylation is 1. The Morgan fingerprint density at radius 1 is 1.60 bits per heavy atom. The van der Waals surface area contributed by atoms with Crippen molar-refractivity contribution in [2.45, 2.75) is 13.8 Å². The fraction of sp³-hybridized carbons (Fsp3) is 0.300. The van der Waals surface area contributed by atoms with Gasteiger partial charge in [0.1, 0.15) is 0 Å². The topological polar surface area (TPSA) is 68.3 Å². The number of amides is 1. The van der Waals surface area contributed by atoms with Gasteiger partial charge in [-0.15, -0.1) is 0 Å². The molecule has 0 aliphatic rings. The van der Waals surface area contributed by atoms with Crippen molar-refractivity contribution in [3.8, 4) is 0 Å². The number of carbonyl (C=O) groups excluding carboxylic acids is 1. The highest BCUT2D eigenvalue weighted by Crippen LogP contribution is 2.23. The van der Waals surface area contributed by atoms with Crippen molar-refractivity contribution < 1.29 is 4.79 Å². The fourth-order valence-corrected chi connectivity index (χ4v) is 1.70. The lowest BCUT2D eigenvalue weighted by Gasteiger charge is -2.09. The quantitative estimate of drug-likeness (QED) is 0.777. The van der Waals surface area contributed by atoms with Crippen LogP contribution in [0.25, 0.3) is 0 Å². The van der Waals surface area contributed by atoms with Crippen LogP contribution in [0.4, 0.5) is 0 Å². The molecule has 0 bridgehead atoms. The Kier molecular flexibility index (Phi) is 3.42. The summed E-state index contributed by atoms with van der Waals surface area (Å²) < 4.78 is 0. The van der Waals surface area contributed by atoms with Crippen LogP contribution in [0.2, 0.25) is 5.02 Å². The van der Waals surface area contributed by atoms with Crippen molar-refractivity contribution in [1.82, 2.24) is 4.98 Å². The molecule has 0 saturated carbocycles. The second-order valence-electron chi connectivity index (χ2n) is 3.12. The van der Waals surface area contributed by atoms with Gasteiger partial charge in [-0.1, -0.05) is 11.6 Å². The zero-order valence-electron chi connectivity index (χ0n) is 8.84. The molecule has 5 heteroatoms. The van der Waals surface area contributed by atoms with E-state index in [0.717, 1.165) is 11.4 Å². The van der Waals surface area contributed by atoms with Gasteiger partial charge in [0.15, 0.2) is 0 Å². The zero-order chi connectivity index (χ0) is 11.6. The van der Waals surface area contributed by atoms with Crippen molar-refractivity contribution in [1.29, 1.82) is 0 Å². The maximum atomic E-state index is 11.1. The molecule has 0 spiro atoms. The summed E-state index contributed by atoms with van der Waals surface area (Å²) in [6.07, 6.45) is 1.38. The standard InChI is InChI=1S/C10H12ClN3O/c1-5(13-3)8-6(2)14-4-7(9(8)11)10(12)15/h4H,1-3H3,(H2,12,15). The Balaban J connectivity index is 3.50. The molecule has 0 aliphatic heterocycles. The molecule has 1 aromatic heterocycles. The molecule has 1 heterocycles. The highest BCUT2D eigenvalue weighted by atomic mass is 35.5. The molecule has 15 heavy (non-hydrogen) atoms. The molecule has 0 fully saturated rings. The minimum Gasteiger partial charge on any atom is -0.366 e. The maximum absolute atomic E-state index is 11.1. The van der Waals surface area contributed by atoms with E-state index in [1.165, 1.54) is 6.20 Å². The number of pyridine rings is 1. The largest absolute Gasteiger partial charge is 0.366 e. The summed E-state index contributed by atoms with van der Waals surface area (Å²) in [5.74, 6) is -0.586. The third-order valence-electron chi connectivity index (χ3n) is 2.17. The van der Waals surface area contributed by atoms with Crippen LogP contribution in [0.15, 0.2) is 11.2 Å². The van der Waals surface area contributed by atoms with Crippen LogP contribution in [0, 0.1) is 6.92 Å². The lowest BCUT2D eigenvalue weighted by molar-refractivity contribution is 0.1000. The van der Waals surface area contributed by atoms with E-state index in [9.17, 15) is 4.79 Å². The van der Waals surface area contributed by atoms with E-state index in [-0.39, 0.29) is 5.56 Å². The summed E-state index contributed by atoms with van der Waals surface area (Å²) in [7, 11) is 1.65. The van der Waals surface area contributed by atoms with Gasteiger partial charge in [0.2, 0.25) is 0 Å². The van der Waals surface area contributed by atoms with Crippen LogP contribution in [-0.4, -0.2) is 23.7 Å². The van der Waals surface area contributed by atoms with Crippen LogP contribution in [-0.2, 0) is 0 Å². The number of aromatic nitrogens is 1. The molecular formula is C10H12ClN3O. The van der Waals surface area contributed by atoms with Gasteiger partial charge >= 0.3 is 0 Å². The second kappa shape index (κ2) is 4.40. The molecule has 0 unspecified atom stereocenters. The van der Waals surface area contributed by atoms with Gasteiger partial charge in [-0.25, -0.2) is 0 Å². The minimum absolute atomic E-state index is 0.222. The number of nitrogens with two attached hydrogens (primary N) is 1. The molecular weight excluding hydrogens is 214 g/mol. The van der Waals surface area contributed by atoms with Crippen molar-refractivity contribution in [3.63, 3.8) is 0 Å². The molecule has 2 N–H and O–H groups in total. The SMILES string of the molecule is CN=C(C)c1c(C)ncc(C(N)=O)c1Cl. The average molecular weight is 226 g/mol. The van der Waals surface area contributed by atoms with Gasteiger partial charge in [-0.3, -0.25) is 14.8 Å². The molecule has 4 nitrogen and oxygen atoms in total. The van der Waals surface area contributed by atoms with Gasteiger partial charge in [0.05, 0.1) is 10.6 Å². The summed E-state index contributed by atoms with van der Waals surface area (Å²) >= 11 is 6.06. The van der Waals surface area contributed by atoms with Crippen LogP contribution >= 0.6 is 11.6 Å². The number of aliphatic imine (C=N–C) groups is 1. The summed E-state index contributed by atoms with van der Waals surface area (Å²) in [6.45, 7) is 3.61. The first-order chi connectivity index (χ1) is 6.99. The molecule has 0 aromatic carbocycles. The average Bonchev–Trinajstić information content (AvgIpc) is 2.16. The lowest BCUT2D eigenvalue weighted by Crippen LogP contribution is -2.15. The molecule has 1 aromatic rings. The number of rotatable bonds is 2. The van der Waals surface area contributed by atoms with Crippen molar-refractivity contribution >= 4 is 23.2 Å². The Labute approximate surface area is 93.2 Å². The first-order valence-electron chi connectivity index (χ1n) is 4.37. The van der Waals surface area contributed by atoms with E-state index < -0.39 is 5.91 Å². The monoisotopic (exact) mass is 225 g/mol. The van der Waals surface area contributed by atoms with Gasteiger partial charge in [0.25, 0.3) is 5.91 Å². The summed E-state index contributed by atoms with van der Waals surface area (Å²) in [4.78, 5) is 19.1. The Morgan fingerprint density at radius 3 is 2.67 bits per heavy atom. The first-order valence-corrected chi connectivity index (χ1v) is 4.75. The fourth-order valence-electron chi connectivity index (χ4n) is 1.28. The van der Waals surface area contributed by atoms with Crippen molar-refractivity contribution in [3.05, 3.63) is 28.0 Å². The van der Waals surface area contributed by atoms with Crippen molar-refractivity contribution in [2.24, 2.45) is 10.7 Å². The summed E-state index contributed by atoms with van der Waals surface area (Å²) in [5.41, 5.74) is 7.53. The van der Waals surface area contributed by atoms with Crippen LogP contribution in [0.1, 0.15) is 28.5 Å². The molecule has 0 aliphatic carbocycles. The number of nitrogens with zero attached hydrogens (tertiary/aromatic N) is 2. The van der Waals surface area contributed by atoms with E-state index in [1.807, 2.05) is 0 Å². The number of hydrogen-bond acceptors (Lipinski definition) is 3. The predicted molar refractivity (Wildman–Crippen MR) is 60.6 cm³/mol. The number of primary amides is 1. The highest BCUT2D eigenvalue weighted by molar-refractivity contribution is 6.37. The normalized spacial score (nSPS) is 11.6. The van der Waals surface area contributed by atoms with Crippen LogP contribution < -0.4 is 5.73 Å². The minimum atomic E-state index is -0.586.